The maximum absolute atomic E-state index is 12.7. The largest absolute Gasteiger partial charge is 0.452 e. The number of rotatable bonds is 5. The van der Waals surface area contributed by atoms with Gasteiger partial charge in [-0.2, -0.15) is 5.10 Å². The minimum Gasteiger partial charge on any atom is -0.452 e. The van der Waals surface area contributed by atoms with Crippen LogP contribution < -0.4 is 0 Å². The molecular weight excluding hydrogens is 326 g/mol. The Bertz CT molecular complexity index is 599. The van der Waals surface area contributed by atoms with Crippen molar-refractivity contribution in [3.05, 3.63) is 16.9 Å². The first-order chi connectivity index (χ1) is 11.0. The molecule has 0 bridgehead atoms. The van der Waals surface area contributed by atoms with Crippen LogP contribution >= 0.6 is 11.6 Å². The number of aromatic nitrogens is 2. The van der Waals surface area contributed by atoms with Gasteiger partial charge in [0.05, 0.1) is 31.3 Å². The smallest absolute Gasteiger partial charge is 0.306 e. The lowest BCUT2D eigenvalue weighted by atomic mass is 10.2. The van der Waals surface area contributed by atoms with Crippen molar-refractivity contribution in [2.24, 2.45) is 7.05 Å². The summed E-state index contributed by atoms with van der Waals surface area (Å²) in [7, 11) is 1.75. The first-order valence-corrected chi connectivity index (χ1v) is 7.80. The fraction of sp³-hybridized carbons (Fsp3) is 0.643. The molecule has 9 heteroatoms. The topological polar surface area (TPSA) is 82.9 Å². The number of nitrogens with zero attached hydrogens (tertiary/aromatic N) is 3. The van der Waals surface area contributed by atoms with Gasteiger partial charge in [0.1, 0.15) is 5.69 Å². The molecule has 1 aromatic rings. The highest BCUT2D eigenvalue weighted by molar-refractivity contribution is 6.31. The highest BCUT2D eigenvalue weighted by atomic mass is 35.5. The molecule has 2 fully saturated rings. The molecule has 0 saturated carbocycles. The lowest BCUT2D eigenvalue weighted by molar-refractivity contribution is -0.156. The van der Waals surface area contributed by atoms with Gasteiger partial charge in [-0.25, -0.2) is 0 Å². The molecule has 2 aliphatic heterocycles. The Kier molecular flexibility index (Phi) is 4.84. The van der Waals surface area contributed by atoms with Gasteiger partial charge in [0, 0.05) is 26.1 Å². The summed E-state index contributed by atoms with van der Waals surface area (Å²) in [5, 5.41) is 4.72. The summed E-state index contributed by atoms with van der Waals surface area (Å²) in [6, 6.07) is 0. The summed E-state index contributed by atoms with van der Waals surface area (Å²) < 4.78 is 17.5. The Morgan fingerprint density at radius 2 is 2.22 bits per heavy atom. The average molecular weight is 344 g/mol. The third-order valence-corrected chi connectivity index (χ3v) is 4.04. The van der Waals surface area contributed by atoms with E-state index in [1.54, 1.807) is 17.9 Å². The number of hydrogen-bond acceptors (Lipinski definition) is 6. The molecule has 0 aliphatic carbocycles. The van der Waals surface area contributed by atoms with Crippen molar-refractivity contribution in [3.8, 4) is 0 Å². The number of aryl methyl sites for hydroxylation is 1. The predicted octanol–water partition coefficient (Wildman–Crippen LogP) is 0.481. The molecule has 1 atom stereocenters. The van der Waals surface area contributed by atoms with Gasteiger partial charge in [-0.05, 0) is 0 Å². The normalized spacial score (nSPS) is 21.7. The van der Waals surface area contributed by atoms with Crippen molar-refractivity contribution in [3.63, 3.8) is 0 Å². The molecular formula is C14H18ClN3O5. The van der Waals surface area contributed by atoms with E-state index in [1.165, 1.54) is 4.90 Å². The number of esters is 1. The van der Waals surface area contributed by atoms with Gasteiger partial charge in [0.25, 0.3) is 5.91 Å². The van der Waals surface area contributed by atoms with Crippen molar-refractivity contribution in [2.45, 2.75) is 31.8 Å². The van der Waals surface area contributed by atoms with Crippen LogP contribution in [-0.4, -0.2) is 58.7 Å². The van der Waals surface area contributed by atoms with E-state index in [9.17, 15) is 9.59 Å². The average Bonchev–Trinajstić information content (AvgIpc) is 3.21. The van der Waals surface area contributed by atoms with E-state index in [1.807, 2.05) is 0 Å². The van der Waals surface area contributed by atoms with Crippen LogP contribution in [0, 0.1) is 0 Å². The molecule has 8 nitrogen and oxygen atoms in total. The third-order valence-electron chi connectivity index (χ3n) is 3.73. The van der Waals surface area contributed by atoms with Gasteiger partial charge in [0.15, 0.2) is 12.4 Å². The SMILES string of the molecule is Cn1cc(Cl)c(CN(CC2OCCO2)C(=O)[C@H]2CCC(=O)O2)n1. The highest BCUT2D eigenvalue weighted by Gasteiger charge is 2.35. The van der Waals surface area contributed by atoms with Crippen LogP contribution in [0.3, 0.4) is 0 Å². The summed E-state index contributed by atoms with van der Waals surface area (Å²) in [5.41, 5.74) is 0.574. The van der Waals surface area contributed by atoms with Crippen LogP contribution in [0.4, 0.5) is 0 Å². The lowest BCUT2D eigenvalue weighted by Gasteiger charge is -2.26. The van der Waals surface area contributed by atoms with E-state index in [2.05, 4.69) is 5.10 Å². The minimum absolute atomic E-state index is 0.204. The monoisotopic (exact) mass is 343 g/mol. The number of carbonyl (C=O) groups excluding carboxylic acids is 2. The second kappa shape index (κ2) is 6.86. The number of cyclic esters (lactones) is 1. The first-order valence-electron chi connectivity index (χ1n) is 7.42. The molecule has 3 heterocycles. The van der Waals surface area contributed by atoms with Gasteiger partial charge in [-0.15, -0.1) is 0 Å². The van der Waals surface area contributed by atoms with Crippen molar-refractivity contribution in [2.75, 3.05) is 19.8 Å². The van der Waals surface area contributed by atoms with Gasteiger partial charge < -0.3 is 19.1 Å². The minimum atomic E-state index is -0.758. The standard InChI is InChI=1S/C14H18ClN3O5/c1-17-6-9(15)10(16-17)7-18(8-13-21-4-5-22-13)14(20)11-2-3-12(19)23-11/h6,11,13H,2-5,7-8H2,1H3/t11-/m1/s1. The van der Waals surface area contributed by atoms with Crippen LogP contribution in [0.15, 0.2) is 6.20 Å². The van der Waals surface area contributed by atoms with E-state index in [4.69, 9.17) is 25.8 Å². The predicted molar refractivity (Wildman–Crippen MR) is 78.4 cm³/mol. The second-order valence-corrected chi connectivity index (χ2v) is 5.91. The van der Waals surface area contributed by atoms with Crippen molar-refractivity contribution >= 4 is 23.5 Å². The summed E-state index contributed by atoms with van der Waals surface area (Å²) in [5.74, 6) is -0.635. The van der Waals surface area contributed by atoms with Crippen molar-refractivity contribution in [1.82, 2.24) is 14.7 Å². The quantitative estimate of drug-likeness (QED) is 0.723. The zero-order valence-corrected chi connectivity index (χ0v) is 13.5. The molecule has 1 amide bonds. The molecule has 0 spiro atoms. The number of amides is 1. The Labute approximate surface area is 138 Å². The zero-order valence-electron chi connectivity index (χ0n) is 12.7. The Morgan fingerprint density at radius 3 is 2.78 bits per heavy atom. The molecule has 2 saturated heterocycles. The van der Waals surface area contributed by atoms with E-state index < -0.39 is 12.4 Å². The molecule has 23 heavy (non-hydrogen) atoms. The maximum atomic E-state index is 12.7. The molecule has 126 valence electrons. The molecule has 2 aliphatic rings. The van der Waals surface area contributed by atoms with Crippen LogP contribution in [0.5, 0.6) is 0 Å². The van der Waals surface area contributed by atoms with E-state index in [-0.39, 0.29) is 31.4 Å². The molecule has 0 unspecified atom stereocenters. The number of hydrogen-bond donors (Lipinski definition) is 0. The molecule has 1 aromatic heterocycles. The summed E-state index contributed by atoms with van der Waals surface area (Å²) in [6.45, 7) is 1.43. The van der Waals surface area contributed by atoms with E-state index >= 15 is 0 Å². The first kappa shape index (κ1) is 16.2. The Balaban J connectivity index is 1.73. The van der Waals surface area contributed by atoms with Gasteiger partial charge in [-0.1, -0.05) is 11.6 Å². The van der Waals surface area contributed by atoms with Gasteiger partial charge in [-0.3, -0.25) is 14.3 Å². The molecule has 0 N–H and O–H groups in total. The van der Waals surface area contributed by atoms with Crippen LogP contribution in [0.2, 0.25) is 5.02 Å². The Hall–Kier alpha value is -1.64. The van der Waals surface area contributed by atoms with Crippen LogP contribution in [0.25, 0.3) is 0 Å². The van der Waals surface area contributed by atoms with Gasteiger partial charge >= 0.3 is 5.97 Å². The van der Waals surface area contributed by atoms with Crippen molar-refractivity contribution in [1.29, 1.82) is 0 Å². The van der Waals surface area contributed by atoms with Crippen molar-refractivity contribution < 1.29 is 23.8 Å². The summed E-state index contributed by atoms with van der Waals surface area (Å²) in [4.78, 5) is 25.4. The number of carbonyl (C=O) groups is 2. The number of halogens is 1. The second-order valence-electron chi connectivity index (χ2n) is 5.50. The van der Waals surface area contributed by atoms with E-state index in [0.717, 1.165) is 0 Å². The van der Waals surface area contributed by atoms with Gasteiger partial charge in [0.2, 0.25) is 0 Å². The highest BCUT2D eigenvalue weighted by Crippen LogP contribution is 2.21. The zero-order chi connectivity index (χ0) is 16.4. The summed E-state index contributed by atoms with van der Waals surface area (Å²) in [6.07, 6.45) is 1.06. The Morgan fingerprint density at radius 1 is 1.48 bits per heavy atom. The third kappa shape index (κ3) is 3.82. The fourth-order valence-corrected chi connectivity index (χ4v) is 2.86. The van der Waals surface area contributed by atoms with Crippen LogP contribution in [0.1, 0.15) is 18.5 Å². The summed E-state index contributed by atoms with van der Waals surface area (Å²) >= 11 is 6.12. The fourth-order valence-electron chi connectivity index (χ4n) is 2.62. The van der Waals surface area contributed by atoms with E-state index in [0.29, 0.717) is 30.4 Å². The molecule has 3 rings (SSSR count). The van der Waals surface area contributed by atoms with Crippen LogP contribution in [-0.2, 0) is 37.4 Å². The molecule has 0 aromatic carbocycles. The lowest BCUT2D eigenvalue weighted by Crippen LogP contribution is -2.43. The molecule has 0 radical (unpaired) electrons. The number of ether oxygens (including phenoxy) is 3. The maximum Gasteiger partial charge on any atom is 0.306 e.